The van der Waals surface area contributed by atoms with Crippen molar-refractivity contribution < 1.29 is 14.2 Å². The number of hydrogen-bond donors (Lipinski definition) is 0. The molecule has 6 rings (SSSR count). The van der Waals surface area contributed by atoms with Crippen LogP contribution in [0.5, 0.6) is 17.2 Å². The Hall–Kier alpha value is -3.18. The maximum Gasteiger partial charge on any atom is 0.231 e. The Morgan fingerprint density at radius 3 is 2.62 bits per heavy atom. The van der Waals surface area contributed by atoms with Gasteiger partial charge in [0.05, 0.1) is 11.8 Å². The van der Waals surface area contributed by atoms with Crippen molar-refractivity contribution in [3.63, 3.8) is 0 Å². The fourth-order valence-electron chi connectivity index (χ4n) is 4.13. The van der Waals surface area contributed by atoms with Gasteiger partial charge in [-0.25, -0.2) is 5.01 Å². The van der Waals surface area contributed by atoms with Crippen LogP contribution in [-0.2, 0) is 0 Å². The van der Waals surface area contributed by atoms with Crippen LogP contribution >= 0.6 is 11.6 Å². The van der Waals surface area contributed by atoms with Crippen molar-refractivity contribution >= 4 is 17.3 Å². The summed E-state index contributed by atoms with van der Waals surface area (Å²) >= 11 is 6.09. The minimum absolute atomic E-state index is 0.112. The Bertz CT molecular complexity index is 1130. The molecule has 3 aromatic rings. The number of ether oxygens (including phenoxy) is 3. The summed E-state index contributed by atoms with van der Waals surface area (Å²) < 4.78 is 17.3. The molecule has 0 spiro atoms. The van der Waals surface area contributed by atoms with E-state index in [1.165, 1.54) is 0 Å². The molecule has 144 valence electrons. The predicted molar refractivity (Wildman–Crippen MR) is 110 cm³/mol. The summed E-state index contributed by atoms with van der Waals surface area (Å²) in [5.41, 5.74) is 4.21. The van der Waals surface area contributed by atoms with Crippen LogP contribution in [0.4, 0.5) is 0 Å². The monoisotopic (exact) mass is 404 g/mol. The standard InChI is InChI=1S/C23H17ClN2O3/c24-16-8-5-14(6-9-16)23-26-19(17-3-1-2-4-20(17)29-23)12-18(25-26)15-7-10-21-22(11-15)28-13-27-21/h1-11,19,23H,12-13H2/t19-,23-/m0/s1. The number of fused-ring (bicyclic) bond motifs is 4. The Kier molecular flexibility index (Phi) is 3.71. The highest BCUT2D eigenvalue weighted by molar-refractivity contribution is 6.30. The summed E-state index contributed by atoms with van der Waals surface area (Å²) in [5, 5.41) is 7.74. The van der Waals surface area contributed by atoms with Gasteiger partial charge in [-0.1, -0.05) is 41.9 Å². The molecule has 3 aromatic carbocycles. The number of rotatable bonds is 2. The predicted octanol–water partition coefficient (Wildman–Crippen LogP) is 5.31. The fourth-order valence-corrected chi connectivity index (χ4v) is 4.26. The van der Waals surface area contributed by atoms with Crippen LogP contribution in [0, 0.1) is 0 Å². The summed E-state index contributed by atoms with van der Waals surface area (Å²) in [4.78, 5) is 0. The first-order valence-corrected chi connectivity index (χ1v) is 9.91. The van der Waals surface area contributed by atoms with Crippen LogP contribution in [-0.4, -0.2) is 17.5 Å². The highest BCUT2D eigenvalue weighted by Gasteiger charge is 2.41. The van der Waals surface area contributed by atoms with Crippen molar-refractivity contribution in [3.05, 3.63) is 88.4 Å². The number of para-hydroxylation sites is 1. The third kappa shape index (κ3) is 2.73. The maximum atomic E-state index is 6.36. The second-order valence-corrected chi connectivity index (χ2v) is 7.71. The molecule has 3 heterocycles. The molecule has 0 aliphatic carbocycles. The minimum Gasteiger partial charge on any atom is -0.464 e. The molecule has 0 saturated carbocycles. The Balaban J connectivity index is 1.42. The summed E-state index contributed by atoms with van der Waals surface area (Å²) in [6, 6.07) is 22.0. The highest BCUT2D eigenvalue weighted by Crippen LogP contribution is 2.47. The smallest absolute Gasteiger partial charge is 0.231 e. The van der Waals surface area contributed by atoms with Gasteiger partial charge < -0.3 is 14.2 Å². The van der Waals surface area contributed by atoms with Gasteiger partial charge in [0.2, 0.25) is 13.0 Å². The SMILES string of the molecule is Clc1ccc([C@@H]2Oc3ccccc3[C@@H]3CC(c4ccc5c(c4)OCO5)=NN32)cc1. The van der Waals surface area contributed by atoms with Crippen molar-refractivity contribution in [3.8, 4) is 17.2 Å². The first-order valence-electron chi connectivity index (χ1n) is 9.53. The number of halogens is 1. The average Bonchev–Trinajstić information content (AvgIpc) is 3.40. The van der Waals surface area contributed by atoms with Gasteiger partial charge in [-0.05, 0) is 36.4 Å². The van der Waals surface area contributed by atoms with Gasteiger partial charge in [0, 0.05) is 28.1 Å². The van der Waals surface area contributed by atoms with E-state index in [0.717, 1.165) is 46.1 Å². The Morgan fingerprint density at radius 1 is 0.897 bits per heavy atom. The van der Waals surface area contributed by atoms with Gasteiger partial charge >= 0.3 is 0 Å². The van der Waals surface area contributed by atoms with E-state index < -0.39 is 0 Å². The third-order valence-electron chi connectivity index (χ3n) is 5.56. The molecule has 0 unspecified atom stereocenters. The lowest BCUT2D eigenvalue weighted by Crippen LogP contribution is -2.33. The molecule has 2 atom stereocenters. The van der Waals surface area contributed by atoms with Crippen molar-refractivity contribution in [2.45, 2.75) is 18.7 Å². The minimum atomic E-state index is -0.307. The lowest BCUT2D eigenvalue weighted by atomic mass is 9.96. The third-order valence-corrected chi connectivity index (χ3v) is 5.81. The number of hydrazone groups is 1. The van der Waals surface area contributed by atoms with Crippen molar-refractivity contribution in [1.82, 2.24) is 5.01 Å². The van der Waals surface area contributed by atoms with Gasteiger partial charge in [-0.3, -0.25) is 0 Å². The van der Waals surface area contributed by atoms with Crippen LogP contribution in [0.3, 0.4) is 0 Å². The van der Waals surface area contributed by atoms with Crippen molar-refractivity contribution in [1.29, 1.82) is 0 Å². The molecule has 0 fully saturated rings. The molecule has 3 aliphatic heterocycles. The van der Waals surface area contributed by atoms with E-state index in [9.17, 15) is 0 Å². The van der Waals surface area contributed by atoms with E-state index in [4.69, 9.17) is 30.9 Å². The molecule has 0 amide bonds. The van der Waals surface area contributed by atoms with Crippen LogP contribution < -0.4 is 14.2 Å². The van der Waals surface area contributed by atoms with E-state index in [1.54, 1.807) is 0 Å². The highest BCUT2D eigenvalue weighted by atomic mass is 35.5. The van der Waals surface area contributed by atoms with E-state index in [0.29, 0.717) is 5.02 Å². The van der Waals surface area contributed by atoms with Gasteiger partial charge in [0.1, 0.15) is 5.75 Å². The molecular weight excluding hydrogens is 388 g/mol. The normalized spacial score (nSPS) is 21.3. The van der Waals surface area contributed by atoms with Gasteiger partial charge in [-0.2, -0.15) is 5.10 Å². The number of hydrogen-bond acceptors (Lipinski definition) is 5. The summed E-state index contributed by atoms with van der Waals surface area (Å²) in [6.45, 7) is 0.264. The molecule has 29 heavy (non-hydrogen) atoms. The second kappa shape index (κ2) is 6.42. The molecule has 5 nitrogen and oxygen atoms in total. The fraction of sp³-hybridized carbons (Fsp3) is 0.174. The molecule has 0 N–H and O–H groups in total. The van der Waals surface area contributed by atoms with Gasteiger partial charge in [0.15, 0.2) is 11.5 Å². The van der Waals surface area contributed by atoms with E-state index in [1.807, 2.05) is 60.7 Å². The average molecular weight is 405 g/mol. The Labute approximate surface area is 173 Å². The number of benzene rings is 3. The van der Waals surface area contributed by atoms with Gasteiger partial charge in [0.25, 0.3) is 0 Å². The van der Waals surface area contributed by atoms with Crippen LogP contribution in [0.1, 0.15) is 35.4 Å². The zero-order valence-corrected chi connectivity index (χ0v) is 16.2. The lowest BCUT2D eigenvalue weighted by molar-refractivity contribution is -0.0190. The zero-order chi connectivity index (χ0) is 19.4. The maximum absolute atomic E-state index is 6.36. The van der Waals surface area contributed by atoms with Gasteiger partial charge in [-0.15, -0.1) is 0 Å². The molecule has 0 radical (unpaired) electrons. The van der Waals surface area contributed by atoms with E-state index >= 15 is 0 Å². The van der Waals surface area contributed by atoms with E-state index in [-0.39, 0.29) is 19.1 Å². The van der Waals surface area contributed by atoms with Crippen LogP contribution in [0.25, 0.3) is 0 Å². The van der Waals surface area contributed by atoms with E-state index in [2.05, 4.69) is 11.1 Å². The van der Waals surface area contributed by atoms with Crippen LogP contribution in [0.15, 0.2) is 71.8 Å². The van der Waals surface area contributed by atoms with Crippen LogP contribution in [0.2, 0.25) is 5.02 Å². The Morgan fingerprint density at radius 2 is 1.72 bits per heavy atom. The summed E-state index contributed by atoms with van der Waals surface area (Å²) in [6.07, 6.45) is 0.489. The molecule has 3 aliphatic rings. The quantitative estimate of drug-likeness (QED) is 0.580. The number of nitrogens with zero attached hydrogens (tertiary/aromatic N) is 2. The summed E-state index contributed by atoms with van der Waals surface area (Å²) in [5.74, 6) is 2.44. The molecule has 6 heteroatoms. The van der Waals surface area contributed by atoms with Crippen molar-refractivity contribution in [2.24, 2.45) is 5.10 Å². The summed E-state index contributed by atoms with van der Waals surface area (Å²) in [7, 11) is 0. The second-order valence-electron chi connectivity index (χ2n) is 7.27. The topological polar surface area (TPSA) is 43.3 Å². The molecule has 0 saturated heterocycles. The lowest BCUT2D eigenvalue weighted by Gasteiger charge is -2.38. The first kappa shape index (κ1) is 16.7. The zero-order valence-electron chi connectivity index (χ0n) is 15.4. The molecule has 0 aromatic heterocycles. The molecule has 0 bridgehead atoms. The largest absolute Gasteiger partial charge is 0.464 e. The first-order chi connectivity index (χ1) is 14.3. The molecular formula is C23H17ClN2O3. The van der Waals surface area contributed by atoms with Crippen molar-refractivity contribution in [2.75, 3.05) is 6.79 Å².